The molecule has 3 rings (SSSR count). The van der Waals surface area contributed by atoms with Gasteiger partial charge < -0.3 is 15.5 Å². The lowest BCUT2D eigenvalue weighted by Gasteiger charge is -2.32. The minimum atomic E-state index is -0.766. The second-order valence-electron chi connectivity index (χ2n) is 7.51. The average molecular weight is 374 g/mol. The number of pyridine rings is 1. The topological polar surface area (TPSA) is 45.4 Å². The van der Waals surface area contributed by atoms with Gasteiger partial charge in [0.25, 0.3) is 0 Å². The highest BCUT2D eigenvalue weighted by atomic mass is 19.2. The Kier molecular flexibility index (Phi) is 6.39. The third-order valence-electron chi connectivity index (χ3n) is 5.17. The van der Waals surface area contributed by atoms with E-state index < -0.39 is 11.6 Å². The van der Waals surface area contributed by atoms with Gasteiger partial charge in [-0.05, 0) is 68.1 Å². The molecule has 0 unspecified atom stereocenters. The first-order valence-corrected chi connectivity index (χ1v) is 9.51. The van der Waals surface area contributed by atoms with Gasteiger partial charge in [-0.15, -0.1) is 0 Å². The largest absolute Gasteiger partial charge is 0.384 e. The zero-order valence-electron chi connectivity index (χ0n) is 16.1. The molecule has 1 aromatic heterocycles. The molecule has 0 saturated carbocycles. The molecule has 1 saturated heterocycles. The number of anilines is 1. The summed E-state index contributed by atoms with van der Waals surface area (Å²) in [6.07, 6.45) is 1.66. The van der Waals surface area contributed by atoms with Crippen molar-refractivity contribution in [2.45, 2.75) is 26.2 Å². The Morgan fingerprint density at radius 3 is 2.44 bits per heavy atom. The maximum absolute atomic E-state index is 14.2. The molecule has 1 aliphatic heterocycles. The van der Waals surface area contributed by atoms with E-state index in [0.29, 0.717) is 24.2 Å². The van der Waals surface area contributed by atoms with Crippen LogP contribution in [0.4, 0.5) is 14.6 Å². The maximum Gasteiger partial charge on any atom is 0.162 e. The van der Waals surface area contributed by atoms with E-state index in [0.717, 1.165) is 56.0 Å². The van der Waals surface area contributed by atoms with Crippen LogP contribution in [0.5, 0.6) is 0 Å². The molecule has 0 aliphatic carbocycles. The fourth-order valence-electron chi connectivity index (χ4n) is 3.55. The van der Waals surface area contributed by atoms with Crippen LogP contribution in [0.3, 0.4) is 0 Å². The zero-order chi connectivity index (χ0) is 19.4. The molecule has 4 nitrogen and oxygen atoms in total. The predicted molar refractivity (Wildman–Crippen MR) is 105 cm³/mol. The first-order chi connectivity index (χ1) is 12.9. The van der Waals surface area contributed by atoms with Gasteiger partial charge in [-0.2, -0.15) is 0 Å². The number of aryl methyl sites for hydroxylation is 3. The third-order valence-corrected chi connectivity index (χ3v) is 5.17. The van der Waals surface area contributed by atoms with Gasteiger partial charge in [-0.3, -0.25) is 0 Å². The summed E-state index contributed by atoms with van der Waals surface area (Å²) in [7, 11) is 2.12. The van der Waals surface area contributed by atoms with Crippen LogP contribution in [0.2, 0.25) is 0 Å². The lowest BCUT2D eigenvalue weighted by atomic mass is 10.0. The van der Waals surface area contributed by atoms with Gasteiger partial charge in [-0.25, -0.2) is 13.8 Å². The van der Waals surface area contributed by atoms with Crippen molar-refractivity contribution in [2.75, 3.05) is 45.5 Å². The van der Waals surface area contributed by atoms with Gasteiger partial charge in [0.05, 0.1) is 0 Å². The number of nitrogens with zero attached hydrogens (tertiary/aromatic N) is 3. The summed E-state index contributed by atoms with van der Waals surface area (Å²) in [5.74, 6) is -1.06. The SMILES string of the molecule is Cc1cc(N)nc(CCc2cc(CCN3CCN(C)CC3)cc(F)c2F)c1. The summed E-state index contributed by atoms with van der Waals surface area (Å²) in [5.41, 5.74) is 8.85. The van der Waals surface area contributed by atoms with Crippen molar-refractivity contribution < 1.29 is 8.78 Å². The molecule has 2 aromatic rings. The summed E-state index contributed by atoms with van der Waals surface area (Å²) in [6.45, 7) is 6.96. The summed E-state index contributed by atoms with van der Waals surface area (Å²) in [6, 6.07) is 6.86. The number of rotatable bonds is 6. The monoisotopic (exact) mass is 374 g/mol. The zero-order valence-corrected chi connectivity index (χ0v) is 16.1. The van der Waals surface area contributed by atoms with E-state index in [1.54, 1.807) is 12.1 Å². The maximum atomic E-state index is 14.2. The van der Waals surface area contributed by atoms with Gasteiger partial charge >= 0.3 is 0 Å². The van der Waals surface area contributed by atoms with Gasteiger partial charge in [0.2, 0.25) is 0 Å². The Morgan fingerprint density at radius 2 is 1.74 bits per heavy atom. The smallest absolute Gasteiger partial charge is 0.162 e. The van der Waals surface area contributed by atoms with E-state index in [9.17, 15) is 8.78 Å². The summed E-state index contributed by atoms with van der Waals surface area (Å²) in [4.78, 5) is 8.96. The number of hydrogen-bond acceptors (Lipinski definition) is 4. The Labute approximate surface area is 160 Å². The van der Waals surface area contributed by atoms with Gasteiger partial charge in [0, 0.05) is 38.4 Å². The number of nitrogen functional groups attached to an aromatic ring is 1. The van der Waals surface area contributed by atoms with Gasteiger partial charge in [0.1, 0.15) is 5.82 Å². The Morgan fingerprint density at radius 1 is 1.00 bits per heavy atom. The second kappa shape index (κ2) is 8.76. The molecule has 0 radical (unpaired) electrons. The number of aromatic nitrogens is 1. The fraction of sp³-hybridized carbons (Fsp3) is 0.476. The van der Waals surface area contributed by atoms with Crippen molar-refractivity contribution in [2.24, 2.45) is 0 Å². The first-order valence-electron chi connectivity index (χ1n) is 9.51. The lowest BCUT2D eigenvalue weighted by molar-refractivity contribution is 0.155. The summed E-state index contributed by atoms with van der Waals surface area (Å²) in [5, 5.41) is 0. The van der Waals surface area contributed by atoms with Crippen molar-refractivity contribution in [1.29, 1.82) is 0 Å². The molecule has 27 heavy (non-hydrogen) atoms. The highest BCUT2D eigenvalue weighted by Crippen LogP contribution is 2.19. The first kappa shape index (κ1) is 19.7. The lowest BCUT2D eigenvalue weighted by Crippen LogP contribution is -2.45. The standard InChI is InChI=1S/C21H28F2N4/c1-15-11-18(25-20(24)12-15)4-3-17-13-16(14-19(22)21(17)23)5-6-27-9-7-26(2)8-10-27/h11-14H,3-10H2,1-2H3,(H2,24,25). The Balaban J connectivity index is 1.64. The van der Waals surface area contributed by atoms with E-state index in [4.69, 9.17) is 5.73 Å². The van der Waals surface area contributed by atoms with Crippen molar-refractivity contribution in [1.82, 2.24) is 14.8 Å². The minimum absolute atomic E-state index is 0.404. The number of nitrogens with two attached hydrogens (primary N) is 1. The number of piperazine rings is 1. The highest BCUT2D eigenvalue weighted by molar-refractivity contribution is 5.35. The molecular formula is C21H28F2N4. The van der Waals surface area contributed by atoms with Crippen LogP contribution in [0, 0.1) is 18.6 Å². The molecule has 0 atom stereocenters. The van der Waals surface area contributed by atoms with E-state index in [1.165, 1.54) is 6.07 Å². The van der Waals surface area contributed by atoms with E-state index >= 15 is 0 Å². The fourth-order valence-corrected chi connectivity index (χ4v) is 3.55. The van der Waals surface area contributed by atoms with Crippen molar-refractivity contribution in [3.05, 3.63) is 58.3 Å². The van der Waals surface area contributed by atoms with Crippen LogP contribution in [0.1, 0.15) is 22.4 Å². The molecule has 0 amide bonds. The normalized spacial score (nSPS) is 16.0. The second-order valence-corrected chi connectivity index (χ2v) is 7.51. The number of halogens is 2. The molecule has 6 heteroatoms. The number of hydrogen-bond donors (Lipinski definition) is 1. The van der Waals surface area contributed by atoms with E-state index in [-0.39, 0.29) is 0 Å². The van der Waals surface area contributed by atoms with Crippen molar-refractivity contribution in [3.63, 3.8) is 0 Å². The van der Waals surface area contributed by atoms with Crippen molar-refractivity contribution >= 4 is 5.82 Å². The van der Waals surface area contributed by atoms with Crippen LogP contribution < -0.4 is 5.73 Å². The van der Waals surface area contributed by atoms with Gasteiger partial charge in [0.15, 0.2) is 11.6 Å². The van der Waals surface area contributed by atoms with E-state index in [2.05, 4.69) is 21.8 Å². The van der Waals surface area contributed by atoms with Crippen LogP contribution in [0.25, 0.3) is 0 Å². The molecule has 1 fully saturated rings. The quantitative estimate of drug-likeness (QED) is 0.845. The summed E-state index contributed by atoms with van der Waals surface area (Å²) >= 11 is 0. The number of likely N-dealkylation sites (N-methyl/N-ethyl adjacent to an activating group) is 1. The van der Waals surface area contributed by atoms with Crippen molar-refractivity contribution in [3.8, 4) is 0 Å². The molecule has 2 N–H and O–H groups in total. The minimum Gasteiger partial charge on any atom is -0.384 e. The molecule has 0 spiro atoms. The van der Waals surface area contributed by atoms with E-state index in [1.807, 2.05) is 13.0 Å². The summed E-state index contributed by atoms with van der Waals surface area (Å²) < 4.78 is 28.3. The predicted octanol–water partition coefficient (Wildman–Crippen LogP) is 2.83. The van der Waals surface area contributed by atoms with Crippen LogP contribution in [-0.2, 0) is 19.3 Å². The molecule has 1 aliphatic rings. The third kappa shape index (κ3) is 5.47. The average Bonchev–Trinajstić information content (AvgIpc) is 2.62. The number of benzene rings is 1. The van der Waals surface area contributed by atoms with Gasteiger partial charge in [-0.1, -0.05) is 6.07 Å². The molecule has 2 heterocycles. The molecular weight excluding hydrogens is 346 g/mol. The van der Waals surface area contributed by atoms with Crippen LogP contribution in [-0.4, -0.2) is 54.6 Å². The van der Waals surface area contributed by atoms with Crippen LogP contribution >= 0.6 is 0 Å². The molecule has 146 valence electrons. The highest BCUT2D eigenvalue weighted by Gasteiger charge is 2.15. The Bertz CT molecular complexity index is 766. The molecule has 1 aromatic carbocycles. The Hall–Kier alpha value is -2.05. The van der Waals surface area contributed by atoms with Crippen LogP contribution in [0.15, 0.2) is 24.3 Å². The molecule has 0 bridgehead atoms.